The molecule has 7 heteroatoms. The van der Waals surface area contributed by atoms with Crippen molar-refractivity contribution < 1.29 is 4.79 Å². The van der Waals surface area contributed by atoms with Gasteiger partial charge in [-0.2, -0.15) is 0 Å². The molecule has 0 spiro atoms. The Hall–Kier alpha value is -2.67. The maximum absolute atomic E-state index is 13.1. The van der Waals surface area contributed by atoms with E-state index in [1.54, 1.807) is 23.0 Å². The van der Waals surface area contributed by atoms with Gasteiger partial charge in [-0.3, -0.25) is 19.1 Å². The summed E-state index contributed by atoms with van der Waals surface area (Å²) < 4.78 is 1.62. The summed E-state index contributed by atoms with van der Waals surface area (Å²) in [5.74, 6) is -0.0900. The molecule has 1 atom stereocenters. The second kappa shape index (κ2) is 8.14. The molecule has 1 N–H and O–H groups in total. The van der Waals surface area contributed by atoms with Gasteiger partial charge >= 0.3 is 0 Å². The molecular formula is C21H24N4O2S. The molecule has 0 aliphatic heterocycles. The molecule has 2 heterocycles. The predicted molar refractivity (Wildman–Crippen MR) is 113 cm³/mol. The number of benzene rings is 1. The van der Waals surface area contributed by atoms with E-state index in [1.807, 2.05) is 58.0 Å². The minimum absolute atomic E-state index is 0.0900. The third-order valence-electron chi connectivity index (χ3n) is 4.04. The van der Waals surface area contributed by atoms with Gasteiger partial charge in [-0.05, 0) is 51.5 Å². The summed E-state index contributed by atoms with van der Waals surface area (Å²) in [7, 11) is 0. The highest BCUT2D eigenvalue weighted by atomic mass is 32.2. The number of fused-ring (bicyclic) bond motifs is 1. The highest BCUT2D eigenvalue weighted by molar-refractivity contribution is 8.00. The largest absolute Gasteiger partial charge is 0.351 e. The number of nitrogens with zero attached hydrogens (tertiary/aromatic N) is 3. The highest BCUT2D eigenvalue weighted by Crippen LogP contribution is 2.24. The Morgan fingerprint density at radius 3 is 2.64 bits per heavy atom. The van der Waals surface area contributed by atoms with Gasteiger partial charge in [0.15, 0.2) is 5.16 Å². The summed E-state index contributed by atoms with van der Waals surface area (Å²) in [6.07, 6.45) is 3.42. The summed E-state index contributed by atoms with van der Waals surface area (Å²) in [5.41, 5.74) is 1.08. The zero-order valence-corrected chi connectivity index (χ0v) is 17.3. The second-order valence-electron chi connectivity index (χ2n) is 7.66. The topological polar surface area (TPSA) is 76.9 Å². The van der Waals surface area contributed by atoms with Crippen molar-refractivity contribution in [2.75, 3.05) is 0 Å². The smallest absolute Gasteiger partial charge is 0.262 e. The molecular weight excluding hydrogens is 372 g/mol. The monoisotopic (exact) mass is 396 g/mol. The first-order valence-corrected chi connectivity index (χ1v) is 10.00. The van der Waals surface area contributed by atoms with E-state index < -0.39 is 5.25 Å². The van der Waals surface area contributed by atoms with Crippen LogP contribution in [0.25, 0.3) is 10.9 Å². The summed E-state index contributed by atoms with van der Waals surface area (Å²) >= 11 is 1.29. The molecule has 6 nitrogen and oxygen atoms in total. The molecule has 0 fully saturated rings. The number of aromatic nitrogens is 3. The van der Waals surface area contributed by atoms with Crippen LogP contribution in [0.5, 0.6) is 0 Å². The van der Waals surface area contributed by atoms with Gasteiger partial charge in [0, 0.05) is 17.9 Å². The fourth-order valence-corrected chi connectivity index (χ4v) is 3.64. The number of nitrogens with one attached hydrogen (secondary N) is 1. The minimum Gasteiger partial charge on any atom is -0.351 e. The molecule has 28 heavy (non-hydrogen) atoms. The van der Waals surface area contributed by atoms with Crippen molar-refractivity contribution >= 4 is 28.6 Å². The van der Waals surface area contributed by atoms with E-state index in [1.165, 1.54) is 11.8 Å². The van der Waals surface area contributed by atoms with Crippen LogP contribution in [-0.4, -0.2) is 31.2 Å². The molecule has 0 saturated carbocycles. The zero-order chi connectivity index (χ0) is 20.3. The summed E-state index contributed by atoms with van der Waals surface area (Å²) in [4.78, 5) is 34.4. The third-order valence-corrected chi connectivity index (χ3v) is 5.13. The SMILES string of the molecule is CC(Sc1nc2ccccc2c(=O)n1Cc1cccnc1)C(=O)NC(C)(C)C. The number of rotatable bonds is 5. The van der Waals surface area contributed by atoms with Gasteiger partial charge in [-0.15, -0.1) is 0 Å². The van der Waals surface area contributed by atoms with Gasteiger partial charge in [0.05, 0.1) is 22.7 Å². The lowest BCUT2D eigenvalue weighted by atomic mass is 10.1. The van der Waals surface area contributed by atoms with Crippen LogP contribution in [0.2, 0.25) is 0 Å². The van der Waals surface area contributed by atoms with E-state index in [0.717, 1.165) is 5.56 Å². The first-order chi connectivity index (χ1) is 13.2. The van der Waals surface area contributed by atoms with Crippen molar-refractivity contribution in [3.63, 3.8) is 0 Å². The summed E-state index contributed by atoms with van der Waals surface area (Å²) in [6, 6.07) is 11.0. The molecule has 146 valence electrons. The number of para-hydroxylation sites is 1. The minimum atomic E-state index is -0.396. The molecule has 3 aromatic rings. The van der Waals surface area contributed by atoms with E-state index >= 15 is 0 Å². The first kappa shape index (κ1) is 20.1. The highest BCUT2D eigenvalue weighted by Gasteiger charge is 2.23. The number of hydrogen-bond donors (Lipinski definition) is 1. The van der Waals surface area contributed by atoms with E-state index in [-0.39, 0.29) is 17.0 Å². The van der Waals surface area contributed by atoms with E-state index in [2.05, 4.69) is 15.3 Å². The lowest BCUT2D eigenvalue weighted by Gasteiger charge is -2.23. The van der Waals surface area contributed by atoms with Crippen molar-refractivity contribution in [3.8, 4) is 0 Å². The number of thioether (sulfide) groups is 1. The van der Waals surface area contributed by atoms with Crippen molar-refractivity contribution in [3.05, 3.63) is 64.7 Å². The Morgan fingerprint density at radius 1 is 1.21 bits per heavy atom. The number of carbonyl (C=O) groups is 1. The van der Waals surface area contributed by atoms with Crippen LogP contribution >= 0.6 is 11.8 Å². The fourth-order valence-electron chi connectivity index (χ4n) is 2.73. The lowest BCUT2D eigenvalue weighted by Crippen LogP contribution is -2.44. The van der Waals surface area contributed by atoms with Gasteiger partial charge in [0.2, 0.25) is 5.91 Å². The summed E-state index contributed by atoms with van der Waals surface area (Å²) in [6.45, 7) is 7.99. The van der Waals surface area contributed by atoms with Crippen molar-refractivity contribution in [1.82, 2.24) is 19.9 Å². The van der Waals surface area contributed by atoms with Crippen LogP contribution in [0.15, 0.2) is 58.7 Å². The average molecular weight is 397 g/mol. The quantitative estimate of drug-likeness (QED) is 0.529. The van der Waals surface area contributed by atoms with Gasteiger partial charge in [0.1, 0.15) is 0 Å². The van der Waals surface area contributed by atoms with Crippen LogP contribution in [0.3, 0.4) is 0 Å². The van der Waals surface area contributed by atoms with Crippen molar-refractivity contribution in [2.45, 2.75) is 50.2 Å². The molecule has 0 bridgehead atoms. The molecule has 0 aliphatic carbocycles. The molecule has 1 unspecified atom stereocenters. The Kier molecular flexibility index (Phi) is 5.84. The van der Waals surface area contributed by atoms with Gasteiger partial charge < -0.3 is 5.32 Å². The molecule has 0 saturated heterocycles. The van der Waals surface area contributed by atoms with Crippen LogP contribution in [0, 0.1) is 0 Å². The number of amides is 1. The normalized spacial score (nSPS) is 12.7. The number of hydrogen-bond acceptors (Lipinski definition) is 5. The lowest BCUT2D eigenvalue weighted by molar-refractivity contribution is -0.121. The first-order valence-electron chi connectivity index (χ1n) is 9.12. The predicted octanol–water partition coefficient (Wildman–Crippen LogP) is 3.24. The zero-order valence-electron chi connectivity index (χ0n) is 16.5. The van der Waals surface area contributed by atoms with E-state index in [4.69, 9.17) is 0 Å². The molecule has 1 amide bonds. The Labute approximate surface area is 168 Å². The Bertz CT molecular complexity index is 1040. The maximum atomic E-state index is 13.1. The van der Waals surface area contributed by atoms with E-state index in [0.29, 0.717) is 22.6 Å². The average Bonchev–Trinajstić information content (AvgIpc) is 2.64. The maximum Gasteiger partial charge on any atom is 0.262 e. The van der Waals surface area contributed by atoms with Crippen molar-refractivity contribution in [1.29, 1.82) is 0 Å². The summed E-state index contributed by atoms with van der Waals surface area (Å²) in [5, 5.41) is 3.65. The van der Waals surface area contributed by atoms with Crippen LogP contribution in [0.1, 0.15) is 33.3 Å². The van der Waals surface area contributed by atoms with Gasteiger partial charge in [-0.25, -0.2) is 4.98 Å². The molecule has 3 rings (SSSR count). The van der Waals surface area contributed by atoms with Crippen molar-refractivity contribution in [2.24, 2.45) is 0 Å². The third kappa shape index (κ3) is 4.78. The van der Waals surface area contributed by atoms with Crippen LogP contribution in [0.4, 0.5) is 0 Å². The number of pyridine rings is 1. The van der Waals surface area contributed by atoms with Gasteiger partial charge in [0.25, 0.3) is 5.56 Å². The molecule has 1 aromatic carbocycles. The van der Waals surface area contributed by atoms with Crippen LogP contribution < -0.4 is 10.9 Å². The standard InChI is InChI=1S/C21H24N4O2S/c1-14(18(26)24-21(2,3)4)28-20-23-17-10-6-5-9-16(17)19(27)25(20)13-15-8-7-11-22-12-15/h5-12,14H,13H2,1-4H3,(H,24,26). The van der Waals surface area contributed by atoms with E-state index in [9.17, 15) is 9.59 Å². The molecule has 0 aliphatic rings. The fraction of sp³-hybridized carbons (Fsp3) is 0.333. The second-order valence-corrected chi connectivity index (χ2v) is 8.97. The Morgan fingerprint density at radius 2 is 1.96 bits per heavy atom. The Balaban J connectivity index is 2.01. The molecule has 0 radical (unpaired) electrons. The van der Waals surface area contributed by atoms with Gasteiger partial charge in [-0.1, -0.05) is 30.0 Å². The number of carbonyl (C=O) groups excluding carboxylic acids is 1. The molecule has 2 aromatic heterocycles. The van der Waals surface area contributed by atoms with Crippen LogP contribution in [-0.2, 0) is 11.3 Å².